The first-order chi connectivity index (χ1) is 16.1. The number of alkyl halides is 6. The van der Waals surface area contributed by atoms with Crippen molar-refractivity contribution in [3.8, 4) is 0 Å². The summed E-state index contributed by atoms with van der Waals surface area (Å²) in [7, 11) is 0. The second-order valence-electron chi connectivity index (χ2n) is 6.19. The number of hydrogen-bond donors (Lipinski definition) is 1. The number of nitro benzene ring substituents is 2. The van der Waals surface area contributed by atoms with Crippen LogP contribution in [0.25, 0.3) is 0 Å². The average molecular weight is 544 g/mol. The highest BCUT2D eigenvalue weighted by Crippen LogP contribution is 2.48. The maximum absolute atomic E-state index is 13.0. The molecule has 1 N–H and O–H groups in total. The fourth-order valence-electron chi connectivity index (χ4n) is 2.39. The van der Waals surface area contributed by atoms with E-state index < -0.39 is 66.3 Å². The number of aromatic nitrogens is 2. The van der Waals surface area contributed by atoms with Crippen molar-refractivity contribution < 1.29 is 36.2 Å². The van der Waals surface area contributed by atoms with E-state index >= 15 is 0 Å². The molecule has 0 saturated heterocycles. The van der Waals surface area contributed by atoms with Crippen molar-refractivity contribution in [2.75, 3.05) is 5.32 Å². The summed E-state index contributed by atoms with van der Waals surface area (Å²) in [4.78, 5) is 26.7. The van der Waals surface area contributed by atoms with Gasteiger partial charge in [0, 0.05) is 24.7 Å². The Morgan fingerprint density at radius 2 is 1.49 bits per heavy atom. The minimum absolute atomic E-state index is 0.0599. The maximum atomic E-state index is 13.0. The Kier molecular flexibility index (Phi) is 8.41. The third kappa shape index (κ3) is 6.89. The topological polar surface area (TPSA) is 124 Å². The number of nitrogens with one attached hydrogen (secondary N) is 1. The van der Waals surface area contributed by atoms with Gasteiger partial charge in [-0.15, -0.1) is 0 Å². The van der Waals surface area contributed by atoms with Crippen molar-refractivity contribution in [3.05, 3.63) is 90.3 Å². The third-order valence-corrected chi connectivity index (χ3v) is 4.55. The van der Waals surface area contributed by atoms with E-state index in [0.717, 1.165) is 0 Å². The van der Waals surface area contributed by atoms with Gasteiger partial charge in [0.2, 0.25) is 0 Å². The van der Waals surface area contributed by atoms with Gasteiger partial charge < -0.3 is 5.32 Å². The molecule has 17 heteroatoms. The molecule has 0 aliphatic rings. The Morgan fingerprint density at radius 1 is 0.886 bits per heavy atom. The van der Waals surface area contributed by atoms with E-state index in [1.165, 1.54) is 0 Å². The zero-order chi connectivity index (χ0) is 26.6. The molecule has 0 unspecified atom stereocenters. The molecule has 2 heterocycles. The number of nitrogens with zero attached hydrogens (tertiary/aromatic N) is 4. The van der Waals surface area contributed by atoms with Gasteiger partial charge in [-0.25, -0.2) is 4.98 Å². The summed E-state index contributed by atoms with van der Waals surface area (Å²) in [6.07, 6.45) is -6.35. The van der Waals surface area contributed by atoms with E-state index in [4.69, 9.17) is 23.2 Å². The first-order valence-electron chi connectivity index (χ1n) is 8.71. The molecular formula is C18H9Cl2F6N5O4. The summed E-state index contributed by atoms with van der Waals surface area (Å²) in [5.74, 6) is -0.721. The number of anilines is 2. The smallest absolute Gasteiger partial charge is 0.328 e. The number of benzene rings is 1. The van der Waals surface area contributed by atoms with Gasteiger partial charge in [-0.1, -0.05) is 29.3 Å². The Balaban J connectivity index is 0.000000625. The number of nitro groups is 2. The molecular weight excluding hydrogens is 535 g/mol. The molecule has 0 amide bonds. The molecule has 0 aliphatic carbocycles. The Bertz CT molecular complexity index is 1220. The van der Waals surface area contributed by atoms with Crippen molar-refractivity contribution in [3.63, 3.8) is 0 Å². The van der Waals surface area contributed by atoms with E-state index in [-0.39, 0.29) is 12.3 Å². The van der Waals surface area contributed by atoms with E-state index in [0.29, 0.717) is 6.07 Å². The van der Waals surface area contributed by atoms with E-state index in [1.807, 2.05) is 23.5 Å². The van der Waals surface area contributed by atoms with Crippen LogP contribution in [0.1, 0.15) is 11.1 Å². The SMILES string of the molecule is O=[N+]([O-])c1cc(C(F)(F)F)c(Cl)c([N+](=O)[O-])c1Nc1ncc(C(F)(F)F)cc1Cl.c1ccncc1. The van der Waals surface area contributed by atoms with Crippen molar-refractivity contribution in [2.45, 2.75) is 12.4 Å². The van der Waals surface area contributed by atoms with Crippen LogP contribution < -0.4 is 5.32 Å². The summed E-state index contributed by atoms with van der Waals surface area (Å²) >= 11 is 11.1. The van der Waals surface area contributed by atoms with Crippen LogP contribution >= 0.6 is 23.2 Å². The van der Waals surface area contributed by atoms with Crippen molar-refractivity contribution >= 4 is 46.1 Å². The van der Waals surface area contributed by atoms with Crippen LogP contribution in [0.3, 0.4) is 0 Å². The summed E-state index contributed by atoms with van der Waals surface area (Å²) < 4.78 is 77.0. The molecule has 0 bridgehead atoms. The second-order valence-corrected chi connectivity index (χ2v) is 6.98. The fraction of sp³-hybridized carbons (Fsp3) is 0.111. The van der Waals surface area contributed by atoms with Gasteiger partial charge >= 0.3 is 23.7 Å². The highest BCUT2D eigenvalue weighted by atomic mass is 35.5. The lowest BCUT2D eigenvalue weighted by Gasteiger charge is -2.14. The molecule has 0 aliphatic heterocycles. The number of pyridine rings is 2. The zero-order valence-electron chi connectivity index (χ0n) is 16.6. The molecule has 0 atom stereocenters. The predicted molar refractivity (Wildman–Crippen MR) is 112 cm³/mol. The predicted octanol–water partition coefficient (Wildman–Crippen LogP) is 7.07. The van der Waals surface area contributed by atoms with Crippen LogP contribution in [0, 0.1) is 20.2 Å². The molecule has 0 fully saturated rings. The minimum atomic E-state index is -5.27. The lowest BCUT2D eigenvalue weighted by atomic mass is 10.1. The molecule has 3 aromatic rings. The normalized spacial score (nSPS) is 11.3. The standard InChI is InChI=1S/C13H4Cl2F6N4O4.C5H5N/c14-6-1-4(12(16,17)18)3-22-11(6)23-9-7(24(26)27)2-5(13(19,20)21)8(15)10(9)25(28)29;1-2-4-6-5-3-1/h1-3H,(H,22,23);1-5H. The Morgan fingerprint density at radius 3 is 1.86 bits per heavy atom. The largest absolute Gasteiger partial charge is 0.418 e. The Hall–Kier alpha value is -3.72. The lowest BCUT2D eigenvalue weighted by molar-refractivity contribution is -0.392. The molecule has 186 valence electrons. The zero-order valence-corrected chi connectivity index (χ0v) is 18.1. The maximum Gasteiger partial charge on any atom is 0.418 e. The first-order valence-corrected chi connectivity index (χ1v) is 9.47. The summed E-state index contributed by atoms with van der Waals surface area (Å²) in [5, 5.41) is 22.1. The van der Waals surface area contributed by atoms with Crippen LogP contribution in [-0.2, 0) is 12.4 Å². The van der Waals surface area contributed by atoms with Gasteiger partial charge in [0.05, 0.1) is 26.0 Å². The molecule has 0 saturated carbocycles. The van der Waals surface area contributed by atoms with Gasteiger partial charge in [-0.3, -0.25) is 25.2 Å². The second kappa shape index (κ2) is 10.7. The number of rotatable bonds is 4. The fourth-order valence-corrected chi connectivity index (χ4v) is 2.93. The summed E-state index contributed by atoms with van der Waals surface area (Å²) in [6.45, 7) is 0. The molecule has 3 rings (SSSR count). The van der Waals surface area contributed by atoms with Gasteiger partial charge in [-0.05, 0) is 18.2 Å². The highest BCUT2D eigenvalue weighted by molar-refractivity contribution is 6.35. The van der Waals surface area contributed by atoms with Crippen molar-refractivity contribution in [2.24, 2.45) is 0 Å². The van der Waals surface area contributed by atoms with Gasteiger partial charge in [-0.2, -0.15) is 26.3 Å². The van der Waals surface area contributed by atoms with Crippen LogP contribution in [0.2, 0.25) is 10.0 Å². The van der Waals surface area contributed by atoms with E-state index in [1.54, 1.807) is 12.4 Å². The lowest BCUT2D eigenvalue weighted by Crippen LogP contribution is -2.12. The van der Waals surface area contributed by atoms with E-state index in [2.05, 4.69) is 9.97 Å². The highest BCUT2D eigenvalue weighted by Gasteiger charge is 2.42. The van der Waals surface area contributed by atoms with Crippen LogP contribution in [-0.4, -0.2) is 19.8 Å². The molecule has 9 nitrogen and oxygen atoms in total. The quantitative estimate of drug-likeness (QED) is 0.212. The van der Waals surface area contributed by atoms with Crippen LogP contribution in [0.15, 0.2) is 48.9 Å². The summed E-state index contributed by atoms with van der Waals surface area (Å²) in [6, 6.07) is 6.02. The molecule has 1 aromatic carbocycles. The average Bonchev–Trinajstić information content (AvgIpc) is 2.74. The molecule has 0 spiro atoms. The van der Waals surface area contributed by atoms with Crippen LogP contribution in [0.4, 0.5) is 49.2 Å². The molecule has 2 aromatic heterocycles. The first kappa shape index (κ1) is 27.5. The Labute approximate surface area is 200 Å². The van der Waals surface area contributed by atoms with E-state index in [9.17, 15) is 46.6 Å². The van der Waals surface area contributed by atoms with Crippen molar-refractivity contribution in [1.82, 2.24) is 9.97 Å². The van der Waals surface area contributed by atoms with Crippen molar-refractivity contribution in [1.29, 1.82) is 0 Å². The molecule has 0 radical (unpaired) electrons. The molecule has 35 heavy (non-hydrogen) atoms. The third-order valence-electron chi connectivity index (χ3n) is 3.88. The minimum Gasteiger partial charge on any atom is -0.328 e. The number of hydrogen-bond acceptors (Lipinski definition) is 7. The monoisotopic (exact) mass is 543 g/mol. The van der Waals surface area contributed by atoms with Gasteiger partial charge in [0.1, 0.15) is 10.8 Å². The van der Waals surface area contributed by atoms with Crippen LogP contribution in [0.5, 0.6) is 0 Å². The van der Waals surface area contributed by atoms with Gasteiger partial charge in [0.15, 0.2) is 5.69 Å². The van der Waals surface area contributed by atoms with Gasteiger partial charge in [0.25, 0.3) is 0 Å². The summed E-state index contributed by atoms with van der Waals surface area (Å²) in [5.41, 5.74) is -7.26. The number of halogens is 8.